The second kappa shape index (κ2) is 9.93. The Kier molecular flexibility index (Phi) is 6.87. The van der Waals surface area contributed by atoms with Gasteiger partial charge in [-0.25, -0.2) is 0 Å². The van der Waals surface area contributed by atoms with Crippen molar-refractivity contribution in [2.45, 2.75) is 56.2 Å². The zero-order chi connectivity index (χ0) is 29.1. The average Bonchev–Trinajstić information content (AvgIpc) is 3.38. The van der Waals surface area contributed by atoms with Gasteiger partial charge in [-0.05, 0) is 57.3 Å². The van der Waals surface area contributed by atoms with E-state index in [9.17, 15) is 39.6 Å². The van der Waals surface area contributed by atoms with Crippen molar-refractivity contribution in [3.8, 4) is 5.75 Å². The second-order valence-electron chi connectivity index (χ2n) is 11.4. The van der Waals surface area contributed by atoms with E-state index in [1.165, 1.54) is 4.90 Å². The van der Waals surface area contributed by atoms with Gasteiger partial charge in [0.2, 0.25) is 11.7 Å². The highest BCUT2D eigenvalue weighted by atomic mass is 16.3. The van der Waals surface area contributed by atoms with Crippen molar-refractivity contribution < 1.29 is 39.6 Å². The molecular weight excluding hydrogens is 520 g/mol. The number of likely N-dealkylation sites (N-methyl/N-ethyl adjacent to an activating group) is 1. The highest BCUT2D eigenvalue weighted by Crippen LogP contribution is 2.53. The van der Waals surface area contributed by atoms with Gasteiger partial charge in [-0.15, -0.1) is 0 Å². The molecule has 0 aromatic heterocycles. The Balaban J connectivity index is 1.51. The SMILES string of the molecule is CN(C)[C@@H]1C(=O)C(C(N)=O)=C(O)C2(O)C(=O)C3=C(O)c4c(ccc(NCC(=O)NC5CCCC5)c4O)CC3CC12. The molecule has 2 amide bonds. The van der Waals surface area contributed by atoms with Gasteiger partial charge in [-0.3, -0.25) is 24.1 Å². The van der Waals surface area contributed by atoms with Crippen LogP contribution in [0.5, 0.6) is 5.75 Å². The number of rotatable bonds is 6. The molecule has 1 aromatic carbocycles. The summed E-state index contributed by atoms with van der Waals surface area (Å²) in [5.74, 6) is -7.23. The van der Waals surface area contributed by atoms with Crippen LogP contribution in [0.4, 0.5) is 5.69 Å². The molecule has 0 radical (unpaired) electrons. The van der Waals surface area contributed by atoms with Crippen LogP contribution >= 0.6 is 0 Å². The van der Waals surface area contributed by atoms with Crippen molar-refractivity contribution >= 4 is 34.8 Å². The van der Waals surface area contributed by atoms with Crippen LogP contribution in [0.2, 0.25) is 0 Å². The van der Waals surface area contributed by atoms with E-state index in [0.717, 1.165) is 25.7 Å². The number of nitrogens with two attached hydrogens (primary N) is 1. The molecule has 0 saturated heterocycles. The van der Waals surface area contributed by atoms with Gasteiger partial charge in [-0.1, -0.05) is 18.9 Å². The van der Waals surface area contributed by atoms with E-state index < -0.39 is 58.0 Å². The average molecular weight is 555 g/mol. The van der Waals surface area contributed by atoms with Crippen molar-refractivity contribution in [2.24, 2.45) is 17.6 Å². The summed E-state index contributed by atoms with van der Waals surface area (Å²) in [4.78, 5) is 52.9. The van der Waals surface area contributed by atoms with Crippen LogP contribution in [-0.2, 0) is 25.6 Å². The zero-order valence-electron chi connectivity index (χ0n) is 22.4. The number of benzene rings is 1. The van der Waals surface area contributed by atoms with E-state index in [0.29, 0.717) is 5.56 Å². The monoisotopic (exact) mass is 554 g/mol. The fraction of sp³-hybridized carbons (Fsp3) is 0.500. The predicted molar refractivity (Wildman–Crippen MR) is 143 cm³/mol. The minimum atomic E-state index is -2.69. The molecule has 4 atom stereocenters. The highest BCUT2D eigenvalue weighted by Gasteiger charge is 2.64. The molecule has 4 aliphatic carbocycles. The first kappa shape index (κ1) is 27.7. The summed E-state index contributed by atoms with van der Waals surface area (Å²) >= 11 is 0. The fourth-order valence-electron chi connectivity index (χ4n) is 6.89. The molecule has 214 valence electrons. The van der Waals surface area contributed by atoms with Crippen LogP contribution in [-0.4, -0.2) is 87.0 Å². The zero-order valence-corrected chi connectivity index (χ0v) is 22.4. The number of carbonyl (C=O) groups is 4. The summed E-state index contributed by atoms with van der Waals surface area (Å²) in [6.45, 7) is -0.113. The molecule has 12 heteroatoms. The lowest BCUT2D eigenvalue weighted by Gasteiger charge is -2.50. The van der Waals surface area contributed by atoms with E-state index in [1.54, 1.807) is 26.2 Å². The Morgan fingerprint density at radius 1 is 1.12 bits per heavy atom. The van der Waals surface area contributed by atoms with E-state index in [4.69, 9.17) is 5.73 Å². The molecule has 2 saturated carbocycles. The number of primary amides is 1. The first-order valence-corrected chi connectivity index (χ1v) is 13.4. The first-order chi connectivity index (χ1) is 18.9. The van der Waals surface area contributed by atoms with Gasteiger partial charge in [0.25, 0.3) is 5.91 Å². The normalized spacial score (nSPS) is 28.4. The largest absolute Gasteiger partial charge is 0.508 e. The third kappa shape index (κ3) is 4.13. The Morgan fingerprint density at radius 2 is 1.80 bits per heavy atom. The third-order valence-corrected chi connectivity index (χ3v) is 8.75. The number of aromatic hydroxyl groups is 1. The maximum absolute atomic E-state index is 13.9. The number of ketones is 2. The van der Waals surface area contributed by atoms with Crippen molar-refractivity contribution in [1.29, 1.82) is 0 Å². The smallest absolute Gasteiger partial charge is 0.255 e. The molecule has 4 aliphatic rings. The molecule has 40 heavy (non-hydrogen) atoms. The number of nitrogens with zero attached hydrogens (tertiary/aromatic N) is 1. The van der Waals surface area contributed by atoms with Crippen molar-refractivity contribution in [3.05, 3.63) is 40.2 Å². The van der Waals surface area contributed by atoms with Crippen LogP contribution in [0.25, 0.3) is 5.76 Å². The van der Waals surface area contributed by atoms with E-state index in [-0.39, 0.29) is 53.9 Å². The van der Waals surface area contributed by atoms with Gasteiger partial charge in [0.1, 0.15) is 22.8 Å². The number of anilines is 1. The fourth-order valence-corrected chi connectivity index (χ4v) is 6.89. The molecule has 0 aliphatic heterocycles. The third-order valence-electron chi connectivity index (χ3n) is 8.75. The number of carbonyl (C=O) groups excluding carboxylic acids is 4. The first-order valence-electron chi connectivity index (χ1n) is 13.4. The number of nitrogens with one attached hydrogen (secondary N) is 2. The summed E-state index contributed by atoms with van der Waals surface area (Å²) in [6.07, 6.45) is 4.20. The standard InChI is InChI=1S/C28H34N4O8/c1-32(2)21-15-10-13-9-12-7-8-16(30-11-17(33)31-14-5-3-4-6-14)22(34)18(12)23(35)19(13)25(37)28(15,40)26(38)20(24(21)36)27(29)39/h7-8,13-15,21,30,34-35,38,40H,3-6,9-11H2,1-2H3,(H2,29,39)(H,31,33)/t13?,15?,21-,28?/m0/s1. The molecule has 0 spiro atoms. The number of phenols is 1. The number of aliphatic hydroxyl groups is 3. The van der Waals surface area contributed by atoms with E-state index in [1.807, 2.05) is 0 Å². The van der Waals surface area contributed by atoms with Gasteiger partial charge in [0.05, 0.1) is 23.8 Å². The van der Waals surface area contributed by atoms with Crippen molar-refractivity contribution in [2.75, 3.05) is 26.0 Å². The van der Waals surface area contributed by atoms with Crippen LogP contribution < -0.4 is 16.4 Å². The van der Waals surface area contributed by atoms with Crippen LogP contribution in [0.1, 0.15) is 43.2 Å². The van der Waals surface area contributed by atoms with Crippen LogP contribution in [0, 0.1) is 11.8 Å². The van der Waals surface area contributed by atoms with E-state index in [2.05, 4.69) is 10.6 Å². The molecule has 3 unspecified atom stereocenters. The topological polar surface area (TPSA) is 203 Å². The Morgan fingerprint density at radius 3 is 2.42 bits per heavy atom. The minimum Gasteiger partial charge on any atom is -0.508 e. The molecule has 0 bridgehead atoms. The number of hydrogen-bond donors (Lipinski definition) is 7. The van der Waals surface area contributed by atoms with E-state index >= 15 is 0 Å². The van der Waals surface area contributed by atoms with Gasteiger partial charge >= 0.3 is 0 Å². The number of Topliss-reactive ketones (excluding diaryl/α,β-unsaturated/α-hetero) is 2. The van der Waals surface area contributed by atoms with Crippen LogP contribution in [0.15, 0.2) is 29.0 Å². The van der Waals surface area contributed by atoms with Crippen LogP contribution in [0.3, 0.4) is 0 Å². The quantitative estimate of drug-likeness (QED) is 0.191. The van der Waals surface area contributed by atoms with Gasteiger partial charge in [0.15, 0.2) is 11.4 Å². The molecule has 0 heterocycles. The number of aliphatic hydroxyl groups excluding tert-OH is 2. The lowest BCUT2D eigenvalue weighted by Crippen LogP contribution is -2.65. The van der Waals surface area contributed by atoms with Gasteiger partial charge in [0, 0.05) is 17.5 Å². The Labute approximate surface area is 230 Å². The van der Waals surface area contributed by atoms with Gasteiger partial charge < -0.3 is 36.8 Å². The summed E-state index contributed by atoms with van der Waals surface area (Å²) in [6, 6.07) is 2.25. The second-order valence-corrected chi connectivity index (χ2v) is 11.4. The number of phenolic OH excluding ortho intramolecular Hbond substituents is 1. The van der Waals surface area contributed by atoms with Gasteiger partial charge in [-0.2, -0.15) is 0 Å². The molecule has 1 aromatic rings. The maximum Gasteiger partial charge on any atom is 0.255 e. The summed E-state index contributed by atoms with van der Waals surface area (Å²) in [5, 5.41) is 50.7. The molecule has 12 nitrogen and oxygen atoms in total. The Hall–Kier alpha value is -3.90. The molecule has 8 N–H and O–H groups in total. The van der Waals surface area contributed by atoms with Crippen molar-refractivity contribution in [3.63, 3.8) is 0 Å². The molecule has 2 fully saturated rings. The summed E-state index contributed by atoms with van der Waals surface area (Å²) < 4.78 is 0. The molecular formula is C28H34N4O8. The lowest BCUT2D eigenvalue weighted by atomic mass is 9.57. The predicted octanol–water partition coefficient (Wildman–Crippen LogP) is 0.435. The summed E-state index contributed by atoms with van der Waals surface area (Å²) in [7, 11) is 3.10. The number of amides is 2. The minimum absolute atomic E-state index is 0.0217. The molecule has 5 rings (SSSR count). The lowest BCUT2D eigenvalue weighted by molar-refractivity contribution is -0.153. The maximum atomic E-state index is 13.9. The number of hydrogen-bond acceptors (Lipinski definition) is 10. The summed E-state index contributed by atoms with van der Waals surface area (Å²) in [5.41, 5.74) is 2.25. The highest BCUT2D eigenvalue weighted by molar-refractivity contribution is 6.24. The number of fused-ring (bicyclic) bond motifs is 3. The van der Waals surface area contributed by atoms with Crippen molar-refractivity contribution in [1.82, 2.24) is 10.2 Å². The Bertz CT molecular complexity index is 1380.